The third kappa shape index (κ3) is 4.46. The molecule has 2 aliphatic heterocycles. The molecule has 2 amide bonds. The highest BCUT2D eigenvalue weighted by molar-refractivity contribution is 6.44. The first kappa shape index (κ1) is 20.9. The Morgan fingerprint density at radius 3 is 2.69 bits per heavy atom. The van der Waals surface area contributed by atoms with E-state index in [1.807, 2.05) is 0 Å². The summed E-state index contributed by atoms with van der Waals surface area (Å²) < 4.78 is 11.1. The van der Waals surface area contributed by atoms with E-state index in [0.717, 1.165) is 0 Å². The van der Waals surface area contributed by atoms with Crippen molar-refractivity contribution >= 4 is 24.9 Å². The number of carbonyl (C=O) groups excluding carboxylic acids is 2. The molecule has 1 fully saturated rings. The standard InChI is InChI=1S/C18H24BN3O7/c1-21(2)14(23)7-12(20)17(24)22-8-11(9-22)28-13-4-3-10-5-6-19(27)29-16(10)15(13)18(25)26/h3-4,11-12,27H,5-9,20H2,1-2H3,(H,25,26)/t12-/m1/s1. The van der Waals surface area contributed by atoms with Gasteiger partial charge < -0.3 is 35.1 Å². The van der Waals surface area contributed by atoms with Gasteiger partial charge in [0.25, 0.3) is 0 Å². The first-order valence-corrected chi connectivity index (χ1v) is 9.32. The molecule has 11 heteroatoms. The Morgan fingerprint density at radius 2 is 2.07 bits per heavy atom. The number of amides is 2. The van der Waals surface area contributed by atoms with Crippen LogP contribution in [0.25, 0.3) is 0 Å². The Kier molecular flexibility index (Phi) is 5.99. The van der Waals surface area contributed by atoms with Gasteiger partial charge in [-0.25, -0.2) is 4.79 Å². The average Bonchev–Trinajstić information content (AvgIpc) is 2.62. The quantitative estimate of drug-likeness (QED) is 0.522. The number of aryl methyl sites for hydroxylation is 1. The van der Waals surface area contributed by atoms with Crippen LogP contribution < -0.4 is 15.1 Å². The van der Waals surface area contributed by atoms with Crippen molar-refractivity contribution in [2.45, 2.75) is 31.3 Å². The van der Waals surface area contributed by atoms with Crippen molar-refractivity contribution in [2.24, 2.45) is 5.73 Å². The van der Waals surface area contributed by atoms with Gasteiger partial charge in [-0.2, -0.15) is 0 Å². The van der Waals surface area contributed by atoms with Crippen LogP contribution in [0.1, 0.15) is 22.3 Å². The molecule has 2 aliphatic rings. The number of aromatic carboxylic acids is 1. The van der Waals surface area contributed by atoms with Crippen LogP contribution in [0.2, 0.25) is 6.32 Å². The van der Waals surface area contributed by atoms with Gasteiger partial charge in [0, 0.05) is 14.1 Å². The van der Waals surface area contributed by atoms with Gasteiger partial charge in [-0.3, -0.25) is 9.59 Å². The number of hydrogen-bond acceptors (Lipinski definition) is 7. The summed E-state index contributed by atoms with van der Waals surface area (Å²) in [5, 5.41) is 19.3. The number of likely N-dealkylation sites (tertiary alicyclic amines) is 1. The van der Waals surface area contributed by atoms with Gasteiger partial charge in [0.2, 0.25) is 11.8 Å². The van der Waals surface area contributed by atoms with Gasteiger partial charge in [0.05, 0.1) is 25.6 Å². The second kappa shape index (κ2) is 8.30. The molecule has 1 atom stereocenters. The molecule has 156 valence electrons. The van der Waals surface area contributed by atoms with Crippen molar-refractivity contribution in [3.05, 3.63) is 23.3 Å². The fourth-order valence-electron chi connectivity index (χ4n) is 3.28. The molecule has 4 N–H and O–H groups in total. The maximum absolute atomic E-state index is 12.3. The minimum absolute atomic E-state index is 0.0818. The Labute approximate surface area is 168 Å². The van der Waals surface area contributed by atoms with E-state index < -0.39 is 25.2 Å². The highest BCUT2D eigenvalue weighted by atomic mass is 16.5. The van der Waals surface area contributed by atoms with Gasteiger partial charge in [-0.1, -0.05) is 6.07 Å². The highest BCUT2D eigenvalue weighted by Gasteiger charge is 2.37. The molecule has 1 aromatic carbocycles. The summed E-state index contributed by atoms with van der Waals surface area (Å²) in [4.78, 5) is 38.6. The topological polar surface area (TPSA) is 143 Å². The summed E-state index contributed by atoms with van der Waals surface area (Å²) in [5.41, 5.74) is 6.38. The van der Waals surface area contributed by atoms with Crippen LogP contribution in [-0.2, 0) is 16.0 Å². The summed E-state index contributed by atoms with van der Waals surface area (Å²) >= 11 is 0. The minimum atomic E-state index is -1.22. The van der Waals surface area contributed by atoms with E-state index in [1.54, 1.807) is 26.2 Å². The van der Waals surface area contributed by atoms with Crippen LogP contribution in [-0.4, -0.2) is 84.2 Å². The van der Waals surface area contributed by atoms with Crippen LogP contribution >= 0.6 is 0 Å². The van der Waals surface area contributed by atoms with Crippen LogP contribution in [0.5, 0.6) is 11.5 Å². The molecule has 0 aromatic heterocycles. The Balaban J connectivity index is 1.63. The second-order valence-electron chi connectivity index (χ2n) is 7.43. The molecule has 0 unspecified atom stereocenters. The van der Waals surface area contributed by atoms with Crippen molar-refractivity contribution < 1.29 is 33.9 Å². The molecule has 1 aromatic rings. The second-order valence-corrected chi connectivity index (χ2v) is 7.43. The third-order valence-corrected chi connectivity index (χ3v) is 4.99. The molecular formula is C18H24BN3O7. The predicted octanol–water partition coefficient (Wildman–Crippen LogP) is -0.805. The molecule has 0 aliphatic carbocycles. The first-order valence-electron chi connectivity index (χ1n) is 9.32. The van der Waals surface area contributed by atoms with Gasteiger partial charge >= 0.3 is 13.1 Å². The Bertz CT molecular complexity index is 826. The molecular weight excluding hydrogens is 381 g/mol. The summed E-state index contributed by atoms with van der Waals surface area (Å²) in [6.45, 7) is 0.477. The van der Waals surface area contributed by atoms with Crippen LogP contribution in [0, 0.1) is 0 Å². The molecule has 1 saturated heterocycles. The molecule has 0 radical (unpaired) electrons. The van der Waals surface area contributed by atoms with Gasteiger partial charge in [0.1, 0.15) is 23.2 Å². The summed E-state index contributed by atoms with van der Waals surface area (Å²) in [6, 6.07) is 2.35. The average molecular weight is 405 g/mol. The van der Waals surface area contributed by atoms with Crippen molar-refractivity contribution in [1.29, 1.82) is 0 Å². The zero-order chi connectivity index (χ0) is 21.3. The largest absolute Gasteiger partial charge is 0.535 e. The number of nitrogens with zero attached hydrogens (tertiary/aromatic N) is 2. The van der Waals surface area contributed by atoms with Crippen molar-refractivity contribution in [1.82, 2.24) is 9.80 Å². The number of carboxylic acid groups (broad SMARTS) is 1. The molecule has 29 heavy (non-hydrogen) atoms. The summed E-state index contributed by atoms with van der Waals surface area (Å²) in [7, 11) is 2.13. The highest BCUT2D eigenvalue weighted by Crippen LogP contribution is 2.37. The Hall–Kier alpha value is -2.79. The van der Waals surface area contributed by atoms with Gasteiger partial charge in [-0.15, -0.1) is 0 Å². The minimum Gasteiger partial charge on any atom is -0.535 e. The fourth-order valence-corrected chi connectivity index (χ4v) is 3.28. The van der Waals surface area contributed by atoms with E-state index in [1.165, 1.54) is 9.80 Å². The molecule has 0 saturated carbocycles. The van der Waals surface area contributed by atoms with E-state index >= 15 is 0 Å². The van der Waals surface area contributed by atoms with Crippen molar-refractivity contribution in [3.63, 3.8) is 0 Å². The number of rotatable bonds is 6. The van der Waals surface area contributed by atoms with Crippen molar-refractivity contribution in [3.8, 4) is 11.5 Å². The van der Waals surface area contributed by atoms with Gasteiger partial charge in [-0.05, 0) is 24.4 Å². The number of ether oxygens (including phenoxy) is 1. The molecule has 0 spiro atoms. The molecule has 3 rings (SSSR count). The lowest BCUT2D eigenvalue weighted by atomic mass is 9.78. The Morgan fingerprint density at radius 1 is 1.38 bits per heavy atom. The SMILES string of the molecule is CN(C)C(=O)C[C@@H](N)C(=O)N1CC(Oc2ccc3c(c2C(=O)O)OB(O)CC3)C1. The van der Waals surface area contributed by atoms with Crippen molar-refractivity contribution in [2.75, 3.05) is 27.2 Å². The number of carboxylic acids is 1. The van der Waals surface area contributed by atoms with E-state index in [0.29, 0.717) is 18.3 Å². The third-order valence-electron chi connectivity index (χ3n) is 4.99. The van der Waals surface area contributed by atoms with E-state index in [4.69, 9.17) is 15.1 Å². The number of carbonyl (C=O) groups is 3. The van der Waals surface area contributed by atoms with Gasteiger partial charge in [0.15, 0.2) is 0 Å². The van der Waals surface area contributed by atoms with Crippen LogP contribution in [0.4, 0.5) is 0 Å². The zero-order valence-corrected chi connectivity index (χ0v) is 16.3. The van der Waals surface area contributed by atoms with Crippen LogP contribution in [0.15, 0.2) is 12.1 Å². The number of hydrogen-bond donors (Lipinski definition) is 3. The normalized spacial score (nSPS) is 17.0. The fraction of sp³-hybridized carbons (Fsp3) is 0.500. The molecule has 0 bridgehead atoms. The summed E-state index contributed by atoms with van der Waals surface area (Å²) in [6.07, 6.45) is 0.413. The van der Waals surface area contributed by atoms with E-state index in [-0.39, 0.29) is 48.4 Å². The maximum atomic E-state index is 12.3. The summed E-state index contributed by atoms with van der Waals surface area (Å²) in [5.74, 6) is -1.57. The van der Waals surface area contributed by atoms with Crippen LogP contribution in [0.3, 0.4) is 0 Å². The van der Waals surface area contributed by atoms with E-state index in [9.17, 15) is 24.5 Å². The molecule has 2 heterocycles. The number of nitrogens with two attached hydrogens (primary N) is 1. The smallest absolute Gasteiger partial charge is 0.522 e. The lowest BCUT2D eigenvalue weighted by Gasteiger charge is -2.40. The van der Waals surface area contributed by atoms with E-state index in [2.05, 4.69) is 0 Å². The lowest BCUT2D eigenvalue weighted by molar-refractivity contribution is -0.144. The lowest BCUT2D eigenvalue weighted by Crippen LogP contribution is -2.60. The number of fused-ring (bicyclic) bond motifs is 1. The molecule has 10 nitrogen and oxygen atoms in total. The number of benzene rings is 1. The zero-order valence-electron chi connectivity index (χ0n) is 16.3. The first-order chi connectivity index (χ1) is 13.7. The monoisotopic (exact) mass is 405 g/mol. The maximum Gasteiger partial charge on any atom is 0.522 e. The predicted molar refractivity (Wildman–Crippen MR) is 103 cm³/mol.